The average molecular weight is 397 g/mol. The summed E-state index contributed by atoms with van der Waals surface area (Å²) >= 11 is 0. The molecule has 1 aromatic carbocycles. The largest absolute Gasteiger partial charge is 0.485 e. The number of hydrogen-bond donors (Lipinski definition) is 0. The highest BCUT2D eigenvalue weighted by molar-refractivity contribution is 5.82. The highest BCUT2D eigenvalue weighted by atomic mass is 19.1. The van der Waals surface area contributed by atoms with Crippen LogP contribution >= 0.6 is 0 Å². The zero-order valence-corrected chi connectivity index (χ0v) is 16.4. The van der Waals surface area contributed by atoms with Crippen LogP contribution in [-0.4, -0.2) is 47.9 Å². The Morgan fingerprint density at radius 3 is 2.61 bits per heavy atom. The summed E-state index contributed by atoms with van der Waals surface area (Å²) in [5.74, 6) is -2.16. The first kappa shape index (κ1) is 21.7. The SMILES string of the molecule is CCOC(=O)/C=C/[C@@H]1C[C@@H](Oc2ccc(F)cc2F)CN1C(=O)OC(C)(C)C. The molecule has 28 heavy (non-hydrogen) atoms. The number of nitrogens with zero attached hydrogens (tertiary/aromatic N) is 1. The molecule has 1 amide bonds. The van der Waals surface area contributed by atoms with Crippen molar-refractivity contribution in [3.63, 3.8) is 0 Å². The molecule has 0 aliphatic carbocycles. The second-order valence-corrected chi connectivity index (χ2v) is 7.36. The van der Waals surface area contributed by atoms with E-state index in [0.717, 1.165) is 12.1 Å². The molecule has 0 unspecified atom stereocenters. The van der Waals surface area contributed by atoms with Gasteiger partial charge in [0.05, 0.1) is 19.2 Å². The zero-order valence-electron chi connectivity index (χ0n) is 16.4. The lowest BCUT2D eigenvalue weighted by Gasteiger charge is -2.27. The van der Waals surface area contributed by atoms with E-state index in [2.05, 4.69) is 0 Å². The number of halogens is 2. The average Bonchev–Trinajstić information content (AvgIpc) is 2.97. The number of esters is 1. The Labute approximate surface area is 163 Å². The Bertz CT molecular complexity index is 745. The van der Waals surface area contributed by atoms with Crippen molar-refractivity contribution in [2.75, 3.05) is 13.2 Å². The molecule has 1 aliphatic rings. The summed E-state index contributed by atoms with van der Waals surface area (Å²) in [4.78, 5) is 25.5. The Morgan fingerprint density at radius 2 is 2.00 bits per heavy atom. The summed E-state index contributed by atoms with van der Waals surface area (Å²) in [5.41, 5.74) is -0.700. The van der Waals surface area contributed by atoms with Crippen molar-refractivity contribution in [3.8, 4) is 5.75 Å². The van der Waals surface area contributed by atoms with Crippen LogP contribution in [0.1, 0.15) is 34.1 Å². The van der Waals surface area contributed by atoms with Gasteiger partial charge in [-0.3, -0.25) is 4.90 Å². The lowest BCUT2D eigenvalue weighted by Crippen LogP contribution is -2.39. The predicted molar refractivity (Wildman–Crippen MR) is 97.9 cm³/mol. The van der Waals surface area contributed by atoms with Crippen molar-refractivity contribution in [2.24, 2.45) is 0 Å². The van der Waals surface area contributed by atoms with Crippen LogP contribution < -0.4 is 4.74 Å². The molecule has 0 aromatic heterocycles. The van der Waals surface area contributed by atoms with Crippen molar-refractivity contribution in [1.29, 1.82) is 0 Å². The first-order valence-corrected chi connectivity index (χ1v) is 9.05. The highest BCUT2D eigenvalue weighted by Crippen LogP contribution is 2.27. The topological polar surface area (TPSA) is 65.1 Å². The third-order valence-electron chi connectivity index (χ3n) is 3.86. The molecule has 1 fully saturated rings. The number of ether oxygens (including phenoxy) is 3. The van der Waals surface area contributed by atoms with Crippen molar-refractivity contribution >= 4 is 12.1 Å². The molecule has 1 aromatic rings. The van der Waals surface area contributed by atoms with Gasteiger partial charge in [-0.15, -0.1) is 0 Å². The molecule has 6 nitrogen and oxygen atoms in total. The fourth-order valence-electron chi connectivity index (χ4n) is 2.75. The molecule has 0 saturated carbocycles. The van der Waals surface area contributed by atoms with E-state index in [0.29, 0.717) is 6.42 Å². The van der Waals surface area contributed by atoms with Gasteiger partial charge >= 0.3 is 12.1 Å². The first-order chi connectivity index (χ1) is 13.1. The maximum atomic E-state index is 13.9. The van der Waals surface area contributed by atoms with E-state index in [1.807, 2.05) is 0 Å². The Balaban J connectivity index is 2.15. The molecule has 0 spiro atoms. The molecule has 0 bridgehead atoms. The van der Waals surface area contributed by atoms with Gasteiger partial charge in [0.2, 0.25) is 0 Å². The van der Waals surface area contributed by atoms with Gasteiger partial charge in [-0.25, -0.2) is 18.4 Å². The van der Waals surface area contributed by atoms with Crippen molar-refractivity contribution < 1.29 is 32.6 Å². The normalized spacial score (nSPS) is 19.7. The maximum Gasteiger partial charge on any atom is 0.410 e. The van der Waals surface area contributed by atoms with Crippen LogP contribution in [0.15, 0.2) is 30.4 Å². The molecule has 2 rings (SSSR count). The molecular weight excluding hydrogens is 372 g/mol. The van der Waals surface area contributed by atoms with Gasteiger partial charge in [0.15, 0.2) is 11.6 Å². The van der Waals surface area contributed by atoms with Gasteiger partial charge in [0, 0.05) is 18.6 Å². The minimum Gasteiger partial charge on any atom is -0.485 e. The van der Waals surface area contributed by atoms with E-state index in [1.165, 1.54) is 23.1 Å². The smallest absolute Gasteiger partial charge is 0.410 e. The lowest BCUT2D eigenvalue weighted by atomic mass is 10.2. The van der Waals surface area contributed by atoms with E-state index in [1.54, 1.807) is 27.7 Å². The predicted octanol–water partition coefficient (Wildman–Crippen LogP) is 3.84. The molecule has 0 N–H and O–H groups in total. The molecule has 1 aliphatic heterocycles. The summed E-state index contributed by atoms with van der Waals surface area (Å²) in [6.07, 6.45) is 1.96. The fraction of sp³-hybridized carbons (Fsp3) is 0.500. The molecular formula is C20H25F2NO5. The molecule has 0 radical (unpaired) electrons. The van der Waals surface area contributed by atoms with Gasteiger partial charge in [-0.1, -0.05) is 6.08 Å². The first-order valence-electron chi connectivity index (χ1n) is 9.05. The van der Waals surface area contributed by atoms with Gasteiger partial charge < -0.3 is 14.2 Å². The lowest BCUT2D eigenvalue weighted by molar-refractivity contribution is -0.137. The highest BCUT2D eigenvalue weighted by Gasteiger charge is 2.38. The third-order valence-corrected chi connectivity index (χ3v) is 3.86. The number of likely N-dealkylation sites (tertiary alicyclic amines) is 1. The summed E-state index contributed by atoms with van der Waals surface area (Å²) in [5, 5.41) is 0. The molecule has 1 heterocycles. The van der Waals surface area contributed by atoms with Crippen LogP contribution in [0.4, 0.5) is 13.6 Å². The molecule has 1 saturated heterocycles. The van der Waals surface area contributed by atoms with Gasteiger partial charge in [-0.05, 0) is 39.8 Å². The van der Waals surface area contributed by atoms with Crippen LogP contribution in [-0.2, 0) is 14.3 Å². The Morgan fingerprint density at radius 1 is 1.29 bits per heavy atom. The summed E-state index contributed by atoms with van der Waals surface area (Å²) in [6, 6.07) is 2.53. The third kappa shape index (κ3) is 6.21. The second-order valence-electron chi connectivity index (χ2n) is 7.36. The van der Waals surface area contributed by atoms with Crippen molar-refractivity contribution in [1.82, 2.24) is 4.90 Å². The van der Waals surface area contributed by atoms with E-state index < -0.39 is 41.4 Å². The molecule has 8 heteroatoms. The van der Waals surface area contributed by atoms with Crippen LogP contribution in [0.3, 0.4) is 0 Å². The minimum absolute atomic E-state index is 0.106. The van der Waals surface area contributed by atoms with Crippen LogP contribution in [0.5, 0.6) is 5.75 Å². The fourth-order valence-corrected chi connectivity index (χ4v) is 2.75. The van der Waals surface area contributed by atoms with Crippen molar-refractivity contribution in [2.45, 2.75) is 51.9 Å². The Hall–Kier alpha value is -2.64. The molecule has 154 valence electrons. The van der Waals surface area contributed by atoms with E-state index in [4.69, 9.17) is 14.2 Å². The van der Waals surface area contributed by atoms with Crippen LogP contribution in [0.25, 0.3) is 0 Å². The number of rotatable bonds is 5. The Kier molecular flexibility index (Phi) is 6.99. The summed E-state index contributed by atoms with van der Waals surface area (Å²) < 4.78 is 42.8. The maximum absolute atomic E-state index is 13.9. The zero-order chi connectivity index (χ0) is 20.9. The van der Waals surface area contributed by atoms with Gasteiger partial charge in [0.1, 0.15) is 17.5 Å². The van der Waals surface area contributed by atoms with Crippen molar-refractivity contribution in [3.05, 3.63) is 42.0 Å². The second kappa shape index (κ2) is 9.03. The van der Waals surface area contributed by atoms with Crippen LogP contribution in [0.2, 0.25) is 0 Å². The van der Waals surface area contributed by atoms with Gasteiger partial charge in [0.25, 0.3) is 0 Å². The number of benzene rings is 1. The quantitative estimate of drug-likeness (QED) is 0.558. The monoisotopic (exact) mass is 397 g/mol. The summed E-state index contributed by atoms with van der Waals surface area (Å²) in [6.45, 7) is 7.28. The number of hydrogen-bond acceptors (Lipinski definition) is 5. The van der Waals surface area contributed by atoms with E-state index in [9.17, 15) is 18.4 Å². The standard InChI is InChI=1S/C20H25F2NO5/c1-5-26-18(24)9-7-14-11-15(12-23(14)19(25)28-20(2,3)4)27-17-8-6-13(21)10-16(17)22/h6-10,14-15H,5,11-12H2,1-4H3/b9-7+/t14-,15-/m1/s1. The molecule has 2 atom stereocenters. The van der Waals surface area contributed by atoms with E-state index in [-0.39, 0.29) is 18.9 Å². The number of carbonyl (C=O) groups is 2. The van der Waals surface area contributed by atoms with Gasteiger partial charge in [-0.2, -0.15) is 0 Å². The summed E-state index contributed by atoms with van der Waals surface area (Å²) in [7, 11) is 0. The van der Waals surface area contributed by atoms with E-state index >= 15 is 0 Å². The minimum atomic E-state index is -0.825. The number of amides is 1. The number of carbonyl (C=O) groups excluding carboxylic acids is 2. The van der Waals surface area contributed by atoms with Crippen LogP contribution in [0, 0.1) is 11.6 Å².